The summed E-state index contributed by atoms with van der Waals surface area (Å²) < 4.78 is 17.7. The largest absolute Gasteiger partial charge is 0.496 e. The number of nitrogens with zero attached hydrogens (tertiary/aromatic N) is 1. The van der Waals surface area contributed by atoms with Gasteiger partial charge in [-0.2, -0.15) is 0 Å². The monoisotopic (exact) mass is 309 g/mol. The van der Waals surface area contributed by atoms with E-state index in [1.54, 1.807) is 6.20 Å². The summed E-state index contributed by atoms with van der Waals surface area (Å²) in [5.74, 6) is 0.502. The van der Waals surface area contributed by atoms with Crippen LogP contribution in [0.3, 0.4) is 0 Å². The van der Waals surface area contributed by atoms with Gasteiger partial charge in [0.15, 0.2) is 0 Å². The van der Waals surface area contributed by atoms with Gasteiger partial charge in [0, 0.05) is 11.7 Å². The average molecular weight is 310 g/mol. The molecule has 1 saturated heterocycles. The maximum Gasteiger partial charge on any atom is 0.496 e. The number of pyridine rings is 1. The minimum atomic E-state index is -0.447. The highest BCUT2D eigenvalue weighted by Gasteiger charge is 2.51. The molecule has 1 aromatic rings. The summed E-state index contributed by atoms with van der Waals surface area (Å²) in [5.41, 5.74) is 0.0795. The van der Waals surface area contributed by atoms with E-state index in [4.69, 9.17) is 25.6 Å². The SMILES string of the molecule is CC1(C)OB(c2cnc(OC3CCC3)c(Cl)c2)OC1(C)C. The molecule has 0 N–H and O–H groups in total. The third-order valence-electron chi connectivity index (χ3n) is 4.68. The van der Waals surface area contributed by atoms with Gasteiger partial charge in [0.25, 0.3) is 0 Å². The van der Waals surface area contributed by atoms with Crippen molar-refractivity contribution in [1.29, 1.82) is 0 Å². The van der Waals surface area contributed by atoms with Crippen molar-refractivity contribution in [3.05, 3.63) is 17.3 Å². The molecule has 1 aliphatic carbocycles. The predicted molar refractivity (Wildman–Crippen MR) is 83.2 cm³/mol. The molecule has 3 rings (SSSR count). The lowest BCUT2D eigenvalue weighted by molar-refractivity contribution is 0.00578. The fourth-order valence-electron chi connectivity index (χ4n) is 2.28. The lowest BCUT2D eigenvalue weighted by atomic mass is 9.80. The van der Waals surface area contributed by atoms with E-state index in [2.05, 4.69) is 4.98 Å². The third kappa shape index (κ3) is 2.79. The van der Waals surface area contributed by atoms with Crippen molar-refractivity contribution in [2.24, 2.45) is 0 Å². The number of hydrogen-bond donors (Lipinski definition) is 0. The van der Waals surface area contributed by atoms with Crippen LogP contribution in [0.4, 0.5) is 0 Å². The van der Waals surface area contributed by atoms with Crippen LogP contribution in [0, 0.1) is 0 Å². The summed E-state index contributed by atoms with van der Waals surface area (Å²) in [4.78, 5) is 4.33. The Kier molecular flexibility index (Phi) is 3.71. The normalized spacial score (nSPS) is 24.0. The second-order valence-electron chi connectivity index (χ2n) is 6.81. The summed E-state index contributed by atoms with van der Waals surface area (Å²) in [7, 11) is -0.447. The Balaban J connectivity index is 1.76. The van der Waals surface area contributed by atoms with Crippen molar-refractivity contribution in [3.8, 4) is 5.88 Å². The summed E-state index contributed by atoms with van der Waals surface area (Å²) in [6.45, 7) is 8.10. The highest BCUT2D eigenvalue weighted by atomic mass is 35.5. The van der Waals surface area contributed by atoms with Crippen LogP contribution in [0.5, 0.6) is 5.88 Å². The molecule has 0 radical (unpaired) electrons. The van der Waals surface area contributed by atoms with Gasteiger partial charge in [0.05, 0.1) is 11.2 Å². The quantitative estimate of drug-likeness (QED) is 0.805. The predicted octanol–water partition coefficient (Wildman–Crippen LogP) is 2.97. The van der Waals surface area contributed by atoms with Crippen LogP contribution in [0.25, 0.3) is 0 Å². The molecule has 0 spiro atoms. The minimum absolute atomic E-state index is 0.262. The fourth-order valence-corrected chi connectivity index (χ4v) is 2.50. The summed E-state index contributed by atoms with van der Waals surface area (Å²) in [6, 6.07) is 1.82. The summed E-state index contributed by atoms with van der Waals surface area (Å²) in [6.07, 6.45) is 5.36. The topological polar surface area (TPSA) is 40.6 Å². The van der Waals surface area contributed by atoms with Gasteiger partial charge in [-0.15, -0.1) is 0 Å². The van der Waals surface area contributed by atoms with Gasteiger partial charge in [-0.05, 0) is 53.0 Å². The van der Waals surface area contributed by atoms with E-state index in [1.807, 2.05) is 33.8 Å². The van der Waals surface area contributed by atoms with Crippen LogP contribution in [-0.2, 0) is 9.31 Å². The minimum Gasteiger partial charge on any atom is -0.473 e. The van der Waals surface area contributed by atoms with Crippen LogP contribution in [0.15, 0.2) is 12.3 Å². The molecule has 21 heavy (non-hydrogen) atoms. The third-order valence-corrected chi connectivity index (χ3v) is 4.96. The van der Waals surface area contributed by atoms with E-state index in [9.17, 15) is 0 Å². The molecule has 0 bridgehead atoms. The van der Waals surface area contributed by atoms with Gasteiger partial charge >= 0.3 is 7.12 Å². The van der Waals surface area contributed by atoms with Gasteiger partial charge in [-0.3, -0.25) is 0 Å². The lowest BCUT2D eigenvalue weighted by Crippen LogP contribution is -2.41. The van der Waals surface area contributed by atoms with E-state index in [-0.39, 0.29) is 17.3 Å². The number of halogens is 1. The van der Waals surface area contributed by atoms with E-state index in [1.165, 1.54) is 6.42 Å². The average Bonchev–Trinajstić information content (AvgIpc) is 2.54. The Morgan fingerprint density at radius 2 is 1.86 bits per heavy atom. The highest BCUT2D eigenvalue weighted by molar-refractivity contribution is 6.62. The molecule has 0 aromatic carbocycles. The van der Waals surface area contributed by atoms with Crippen molar-refractivity contribution in [1.82, 2.24) is 4.98 Å². The van der Waals surface area contributed by atoms with Gasteiger partial charge in [0.1, 0.15) is 11.1 Å². The first kappa shape index (κ1) is 15.1. The molecule has 2 heterocycles. The first-order valence-corrected chi connectivity index (χ1v) is 7.84. The molecule has 2 aliphatic rings. The number of rotatable bonds is 3. The van der Waals surface area contributed by atoms with Gasteiger partial charge in [-0.25, -0.2) is 4.98 Å². The Bertz CT molecular complexity index is 530. The van der Waals surface area contributed by atoms with Crippen molar-refractivity contribution in [2.45, 2.75) is 64.3 Å². The highest BCUT2D eigenvalue weighted by Crippen LogP contribution is 2.37. The van der Waals surface area contributed by atoms with E-state index in [0.29, 0.717) is 10.9 Å². The number of aromatic nitrogens is 1. The molecule has 4 nitrogen and oxygen atoms in total. The standard InChI is InChI=1S/C15H21BClNO3/c1-14(2)15(3,4)21-16(20-14)10-8-12(17)13(18-9-10)19-11-6-5-7-11/h8-9,11H,5-7H2,1-4H3. The Hall–Kier alpha value is -0.775. The first-order valence-electron chi connectivity index (χ1n) is 7.46. The molecule has 6 heteroatoms. The molecule has 0 unspecified atom stereocenters. The smallest absolute Gasteiger partial charge is 0.473 e. The molecule has 1 aliphatic heterocycles. The Morgan fingerprint density at radius 1 is 1.24 bits per heavy atom. The zero-order valence-electron chi connectivity index (χ0n) is 13.0. The van der Waals surface area contributed by atoms with Crippen molar-refractivity contribution < 1.29 is 14.0 Å². The molecular formula is C15H21BClNO3. The Morgan fingerprint density at radius 3 is 2.33 bits per heavy atom. The zero-order chi connectivity index (χ0) is 15.3. The molecule has 114 valence electrons. The molecule has 1 aromatic heterocycles. The van der Waals surface area contributed by atoms with Crippen molar-refractivity contribution in [2.75, 3.05) is 0 Å². The summed E-state index contributed by atoms with van der Waals surface area (Å²) in [5, 5.41) is 0.508. The second-order valence-corrected chi connectivity index (χ2v) is 7.22. The molecule has 0 amide bonds. The Labute approximate surface area is 131 Å². The van der Waals surface area contributed by atoms with Crippen LogP contribution in [0.1, 0.15) is 47.0 Å². The van der Waals surface area contributed by atoms with Crippen LogP contribution < -0.4 is 10.2 Å². The molecular weight excluding hydrogens is 288 g/mol. The molecule has 1 saturated carbocycles. The van der Waals surface area contributed by atoms with Gasteiger partial charge in [0.2, 0.25) is 5.88 Å². The van der Waals surface area contributed by atoms with Crippen molar-refractivity contribution in [3.63, 3.8) is 0 Å². The summed E-state index contributed by atoms with van der Waals surface area (Å²) >= 11 is 6.28. The van der Waals surface area contributed by atoms with Gasteiger partial charge < -0.3 is 14.0 Å². The van der Waals surface area contributed by atoms with Crippen molar-refractivity contribution >= 4 is 24.2 Å². The molecule has 2 fully saturated rings. The second kappa shape index (κ2) is 5.15. The number of hydrogen-bond acceptors (Lipinski definition) is 4. The fraction of sp³-hybridized carbons (Fsp3) is 0.667. The van der Waals surface area contributed by atoms with Crippen LogP contribution in [0.2, 0.25) is 5.02 Å². The van der Waals surface area contributed by atoms with Crippen LogP contribution >= 0.6 is 11.6 Å². The lowest BCUT2D eigenvalue weighted by Gasteiger charge is -2.32. The zero-order valence-corrected chi connectivity index (χ0v) is 13.7. The first-order chi connectivity index (χ1) is 9.78. The van der Waals surface area contributed by atoms with Crippen LogP contribution in [-0.4, -0.2) is 29.4 Å². The molecule has 0 atom stereocenters. The van der Waals surface area contributed by atoms with Gasteiger partial charge in [-0.1, -0.05) is 11.6 Å². The number of ether oxygens (including phenoxy) is 1. The van der Waals surface area contributed by atoms with E-state index < -0.39 is 7.12 Å². The van der Waals surface area contributed by atoms with E-state index in [0.717, 1.165) is 18.3 Å². The maximum absolute atomic E-state index is 6.28. The van der Waals surface area contributed by atoms with E-state index >= 15 is 0 Å². The maximum atomic E-state index is 6.28.